The number of rotatable bonds is 3. The molecule has 2 rings (SSSR count). The quantitative estimate of drug-likeness (QED) is 0.872. The van der Waals surface area contributed by atoms with Crippen molar-refractivity contribution >= 4 is 25.7 Å². The number of ether oxygens (including phenoxy) is 1. The molecule has 9 heteroatoms. The van der Waals surface area contributed by atoms with Gasteiger partial charge in [-0.1, -0.05) is 0 Å². The van der Waals surface area contributed by atoms with Crippen molar-refractivity contribution in [1.82, 2.24) is 0 Å². The maximum Gasteiger partial charge on any atom is 0.335 e. The number of benzene rings is 1. The minimum absolute atomic E-state index is 0.0285. The van der Waals surface area contributed by atoms with E-state index in [2.05, 4.69) is 3.77 Å². The lowest BCUT2D eigenvalue weighted by molar-refractivity contribution is 0.0696. The van der Waals surface area contributed by atoms with Crippen LogP contribution in [0.15, 0.2) is 32.9 Å². The highest BCUT2D eigenvalue weighted by Gasteiger charge is 2.21. The van der Waals surface area contributed by atoms with Gasteiger partial charge in [-0.05, 0) is 24.3 Å². The van der Waals surface area contributed by atoms with Crippen LogP contribution in [-0.2, 0) is 24.5 Å². The molecule has 1 fully saturated rings. The summed E-state index contributed by atoms with van der Waals surface area (Å²) in [5.41, 5.74) is -0.0285. The van der Waals surface area contributed by atoms with Gasteiger partial charge in [-0.15, -0.1) is 3.77 Å². The molecule has 20 heavy (non-hydrogen) atoms. The Labute approximate surface area is 116 Å². The molecule has 1 saturated heterocycles. The minimum atomic E-state index is -4.06. The third kappa shape index (κ3) is 3.35. The number of carboxylic acid groups (broad SMARTS) is 1. The number of hydrogen-bond donors (Lipinski definition) is 1. The Morgan fingerprint density at radius 2 is 1.75 bits per heavy atom. The molecule has 1 aromatic carbocycles. The standard InChI is InChI=1S/C11H13NO6S2/c13-11(14)9-1-3-10(4-2-9)20(16,17)12-19(15)7-5-18-6-8-19/h1-4H,5-8H2,(H,13,14). The molecule has 0 unspecified atom stereocenters. The molecule has 1 aliphatic heterocycles. The van der Waals surface area contributed by atoms with Crippen molar-refractivity contribution in [2.24, 2.45) is 3.77 Å². The fraction of sp³-hybridized carbons (Fsp3) is 0.364. The Morgan fingerprint density at radius 3 is 2.25 bits per heavy atom. The molecule has 1 aliphatic rings. The van der Waals surface area contributed by atoms with Crippen molar-refractivity contribution < 1.29 is 27.3 Å². The molecule has 0 atom stereocenters. The number of aromatic carboxylic acids is 1. The van der Waals surface area contributed by atoms with Crippen LogP contribution in [-0.4, -0.2) is 48.4 Å². The molecule has 0 spiro atoms. The Hall–Kier alpha value is -1.45. The van der Waals surface area contributed by atoms with Crippen molar-refractivity contribution in [1.29, 1.82) is 0 Å². The minimum Gasteiger partial charge on any atom is -0.478 e. The summed E-state index contributed by atoms with van der Waals surface area (Å²) in [4.78, 5) is 10.5. The van der Waals surface area contributed by atoms with E-state index in [1.54, 1.807) is 0 Å². The Kier molecular flexibility index (Phi) is 4.11. The summed E-state index contributed by atoms with van der Waals surface area (Å²) in [5.74, 6) is -0.986. The van der Waals surface area contributed by atoms with E-state index in [0.29, 0.717) is 0 Å². The van der Waals surface area contributed by atoms with Gasteiger partial charge in [0.05, 0.1) is 44.9 Å². The van der Waals surface area contributed by atoms with Crippen LogP contribution in [0.4, 0.5) is 0 Å². The van der Waals surface area contributed by atoms with Crippen LogP contribution in [0.5, 0.6) is 0 Å². The topological polar surface area (TPSA) is 110 Å². The van der Waals surface area contributed by atoms with Crippen LogP contribution >= 0.6 is 0 Å². The molecule has 0 aliphatic carbocycles. The summed E-state index contributed by atoms with van der Waals surface area (Å²) in [6, 6.07) is 4.62. The molecule has 1 heterocycles. The van der Waals surface area contributed by atoms with Crippen LogP contribution < -0.4 is 0 Å². The highest BCUT2D eigenvalue weighted by atomic mass is 32.3. The van der Waals surface area contributed by atoms with Crippen molar-refractivity contribution in [3.05, 3.63) is 29.8 Å². The highest BCUT2D eigenvalue weighted by molar-refractivity contribution is 8.03. The van der Waals surface area contributed by atoms with Crippen LogP contribution in [0.25, 0.3) is 0 Å². The number of sulfonamides is 1. The molecular weight excluding hydrogens is 306 g/mol. The molecule has 0 bridgehead atoms. The van der Waals surface area contributed by atoms with Gasteiger partial charge in [-0.25, -0.2) is 9.00 Å². The largest absolute Gasteiger partial charge is 0.478 e. The van der Waals surface area contributed by atoms with E-state index in [9.17, 15) is 17.4 Å². The first-order valence-corrected chi connectivity index (χ1v) is 9.02. The molecule has 0 saturated carbocycles. The molecule has 1 aromatic rings. The van der Waals surface area contributed by atoms with Crippen LogP contribution in [0.3, 0.4) is 0 Å². The molecule has 0 amide bonds. The monoisotopic (exact) mass is 319 g/mol. The number of nitrogens with zero attached hydrogens (tertiary/aromatic N) is 1. The average Bonchev–Trinajstić information content (AvgIpc) is 2.38. The van der Waals surface area contributed by atoms with Crippen molar-refractivity contribution in [2.75, 3.05) is 24.7 Å². The molecule has 110 valence electrons. The zero-order chi connectivity index (χ0) is 14.8. The van der Waals surface area contributed by atoms with Crippen molar-refractivity contribution in [3.63, 3.8) is 0 Å². The first-order chi connectivity index (χ1) is 9.32. The molecule has 1 N–H and O–H groups in total. The van der Waals surface area contributed by atoms with E-state index >= 15 is 0 Å². The second-order valence-corrected chi connectivity index (χ2v) is 8.55. The van der Waals surface area contributed by atoms with Gasteiger partial charge in [0.2, 0.25) is 0 Å². The smallest absolute Gasteiger partial charge is 0.335 e. The van der Waals surface area contributed by atoms with Gasteiger partial charge in [-0.2, -0.15) is 8.42 Å². The van der Waals surface area contributed by atoms with E-state index < -0.39 is 25.7 Å². The van der Waals surface area contributed by atoms with E-state index in [4.69, 9.17) is 9.84 Å². The number of hydrogen-bond acceptors (Lipinski definition) is 5. The van der Waals surface area contributed by atoms with Gasteiger partial charge in [0.15, 0.2) is 0 Å². The Balaban J connectivity index is 2.37. The van der Waals surface area contributed by atoms with Crippen LogP contribution in [0.1, 0.15) is 10.4 Å². The number of carbonyl (C=O) groups is 1. The second kappa shape index (κ2) is 5.51. The second-order valence-electron chi connectivity index (χ2n) is 4.17. The zero-order valence-electron chi connectivity index (χ0n) is 10.4. The zero-order valence-corrected chi connectivity index (χ0v) is 12.0. The third-order valence-corrected chi connectivity index (χ3v) is 7.08. The van der Waals surface area contributed by atoms with E-state index in [1.807, 2.05) is 0 Å². The van der Waals surface area contributed by atoms with Crippen LogP contribution in [0.2, 0.25) is 0 Å². The molecule has 0 aromatic heterocycles. The maximum absolute atomic E-state index is 12.2. The fourth-order valence-electron chi connectivity index (χ4n) is 1.65. The van der Waals surface area contributed by atoms with Gasteiger partial charge >= 0.3 is 5.97 Å². The SMILES string of the molecule is O=C(O)c1ccc(S(=O)(=O)N=S2(=O)CCOCC2)cc1. The summed E-state index contributed by atoms with van der Waals surface area (Å²) in [5, 5.41) is 8.75. The summed E-state index contributed by atoms with van der Waals surface area (Å²) >= 11 is 0. The Bertz CT molecular complexity index is 717. The van der Waals surface area contributed by atoms with Gasteiger partial charge in [0.25, 0.3) is 10.0 Å². The normalized spacial score (nSPS) is 18.4. The highest BCUT2D eigenvalue weighted by Crippen LogP contribution is 2.17. The summed E-state index contributed by atoms with van der Waals surface area (Å²) in [6.45, 7) is 0.436. The third-order valence-electron chi connectivity index (χ3n) is 2.73. The van der Waals surface area contributed by atoms with E-state index in [1.165, 1.54) is 12.1 Å². The van der Waals surface area contributed by atoms with Crippen molar-refractivity contribution in [2.45, 2.75) is 4.90 Å². The van der Waals surface area contributed by atoms with E-state index in [0.717, 1.165) is 12.1 Å². The predicted molar refractivity (Wildman–Crippen MR) is 71.7 cm³/mol. The first kappa shape index (κ1) is 14.9. The Morgan fingerprint density at radius 1 is 1.20 bits per heavy atom. The van der Waals surface area contributed by atoms with Gasteiger partial charge in [-0.3, -0.25) is 0 Å². The maximum atomic E-state index is 12.2. The lowest BCUT2D eigenvalue weighted by Gasteiger charge is -2.15. The average molecular weight is 319 g/mol. The molecule has 7 nitrogen and oxygen atoms in total. The predicted octanol–water partition coefficient (Wildman–Crippen LogP) is 0.572. The molecular formula is C11H13NO6S2. The summed E-state index contributed by atoms with van der Waals surface area (Å²) in [6.07, 6.45) is 0. The fourth-order valence-corrected chi connectivity index (χ4v) is 5.46. The summed E-state index contributed by atoms with van der Waals surface area (Å²) in [7, 11) is -6.89. The van der Waals surface area contributed by atoms with Crippen LogP contribution in [0, 0.1) is 0 Å². The first-order valence-electron chi connectivity index (χ1n) is 5.72. The lowest BCUT2D eigenvalue weighted by Crippen LogP contribution is -2.26. The summed E-state index contributed by atoms with van der Waals surface area (Å²) < 4.78 is 44.9. The van der Waals surface area contributed by atoms with Gasteiger partial charge < -0.3 is 9.84 Å². The van der Waals surface area contributed by atoms with Gasteiger partial charge in [0.1, 0.15) is 0 Å². The van der Waals surface area contributed by atoms with E-state index in [-0.39, 0.29) is 35.2 Å². The van der Waals surface area contributed by atoms with Crippen molar-refractivity contribution in [3.8, 4) is 0 Å². The number of carboxylic acids is 1. The van der Waals surface area contributed by atoms with Gasteiger partial charge in [0, 0.05) is 0 Å². The lowest BCUT2D eigenvalue weighted by atomic mass is 10.2. The molecule has 0 radical (unpaired) electrons.